The largest absolute Gasteiger partial charge is 0.434 e. The zero-order valence-electron chi connectivity index (χ0n) is 12.1. The third-order valence-corrected chi connectivity index (χ3v) is 3.67. The van der Waals surface area contributed by atoms with Crippen molar-refractivity contribution in [1.82, 2.24) is 10.1 Å². The molecule has 1 heterocycles. The Kier molecular flexibility index (Phi) is 5.33. The first-order valence-electron chi connectivity index (χ1n) is 6.92. The summed E-state index contributed by atoms with van der Waals surface area (Å²) in [6.07, 6.45) is 5.85. The van der Waals surface area contributed by atoms with Gasteiger partial charge in [-0.3, -0.25) is 0 Å². The number of ether oxygens (including phenoxy) is 1. The van der Waals surface area contributed by atoms with Crippen molar-refractivity contribution in [2.24, 2.45) is 5.73 Å². The Labute approximate surface area is 137 Å². The molecule has 1 fully saturated rings. The van der Waals surface area contributed by atoms with E-state index in [1.165, 1.54) is 6.07 Å². The number of alkyl halides is 2. The molecule has 1 aromatic heterocycles. The number of hydrogen-bond donors (Lipinski definition) is 1. The normalized spacial score (nSPS) is 16.2. The number of halogens is 3. The van der Waals surface area contributed by atoms with Gasteiger partial charge in [-0.1, -0.05) is 23.4 Å². The van der Waals surface area contributed by atoms with Crippen LogP contribution in [0.25, 0.3) is 12.2 Å². The standard InChI is InChI=1S/C15H15F2N3O2.ClH/c16-14(17)21-11-5-2-1-4-10(11)6-7-12-19-13(20-22-12)15(18)8-3-9-15;/h1-2,4-7,14H,3,8-9,18H2;1H/b7-6+;. The van der Waals surface area contributed by atoms with Gasteiger partial charge < -0.3 is 15.0 Å². The Hall–Kier alpha value is -1.99. The topological polar surface area (TPSA) is 74.2 Å². The summed E-state index contributed by atoms with van der Waals surface area (Å²) in [7, 11) is 0. The van der Waals surface area contributed by atoms with Crippen LogP contribution in [0.1, 0.15) is 36.5 Å². The molecule has 1 aliphatic carbocycles. The SMILES string of the molecule is Cl.NC1(c2noc(/C=C/c3ccccc3OC(F)F)n2)CCC1. The van der Waals surface area contributed by atoms with Crippen LogP contribution in [-0.2, 0) is 5.54 Å². The van der Waals surface area contributed by atoms with E-state index in [0.29, 0.717) is 11.4 Å². The first-order chi connectivity index (χ1) is 10.6. The number of para-hydroxylation sites is 1. The second-order valence-electron chi connectivity index (χ2n) is 5.22. The van der Waals surface area contributed by atoms with Crippen LogP contribution in [0.15, 0.2) is 28.8 Å². The number of rotatable bonds is 5. The van der Waals surface area contributed by atoms with Crippen LogP contribution in [0.2, 0.25) is 0 Å². The molecular formula is C15H16ClF2N3O2. The summed E-state index contributed by atoms with van der Waals surface area (Å²) in [5.41, 5.74) is 6.11. The van der Waals surface area contributed by atoms with E-state index < -0.39 is 12.2 Å². The molecule has 0 radical (unpaired) electrons. The molecule has 0 bridgehead atoms. The van der Waals surface area contributed by atoms with E-state index in [-0.39, 0.29) is 24.0 Å². The molecular weight excluding hydrogens is 328 g/mol. The Morgan fingerprint density at radius 1 is 1.26 bits per heavy atom. The maximum absolute atomic E-state index is 12.3. The maximum Gasteiger partial charge on any atom is 0.387 e. The van der Waals surface area contributed by atoms with Gasteiger partial charge in [0, 0.05) is 11.6 Å². The zero-order valence-corrected chi connectivity index (χ0v) is 12.9. The summed E-state index contributed by atoms with van der Waals surface area (Å²) < 4.78 is 34.2. The summed E-state index contributed by atoms with van der Waals surface area (Å²) in [6, 6.07) is 6.46. The van der Waals surface area contributed by atoms with Crippen LogP contribution < -0.4 is 10.5 Å². The van der Waals surface area contributed by atoms with Gasteiger partial charge in [-0.15, -0.1) is 12.4 Å². The van der Waals surface area contributed by atoms with Crippen LogP contribution in [0.3, 0.4) is 0 Å². The van der Waals surface area contributed by atoms with E-state index in [1.54, 1.807) is 30.4 Å². The average molecular weight is 344 g/mol. The smallest absolute Gasteiger partial charge is 0.387 e. The quantitative estimate of drug-likeness (QED) is 0.897. The molecule has 1 saturated carbocycles. The highest BCUT2D eigenvalue weighted by molar-refractivity contribution is 5.85. The van der Waals surface area contributed by atoms with Crippen molar-refractivity contribution in [3.8, 4) is 5.75 Å². The lowest BCUT2D eigenvalue weighted by Gasteiger charge is -2.34. The fourth-order valence-corrected chi connectivity index (χ4v) is 2.27. The number of aromatic nitrogens is 2. The second kappa shape index (κ2) is 7.06. The van der Waals surface area contributed by atoms with Gasteiger partial charge in [0.15, 0.2) is 5.82 Å². The Balaban J connectivity index is 0.00000192. The highest BCUT2D eigenvalue weighted by Gasteiger charge is 2.38. The van der Waals surface area contributed by atoms with E-state index >= 15 is 0 Å². The maximum atomic E-state index is 12.3. The molecule has 3 rings (SSSR count). The molecule has 8 heteroatoms. The van der Waals surface area contributed by atoms with Crippen LogP contribution in [0, 0.1) is 0 Å². The first kappa shape index (κ1) is 17.4. The molecule has 2 N–H and O–H groups in total. The lowest BCUT2D eigenvalue weighted by Crippen LogP contribution is -2.44. The second-order valence-corrected chi connectivity index (χ2v) is 5.22. The molecule has 0 amide bonds. The van der Waals surface area contributed by atoms with Crippen LogP contribution in [-0.4, -0.2) is 16.8 Å². The molecule has 0 atom stereocenters. The van der Waals surface area contributed by atoms with E-state index in [0.717, 1.165) is 19.3 Å². The minimum absolute atomic E-state index is 0. The van der Waals surface area contributed by atoms with Gasteiger partial charge in [-0.05, 0) is 31.4 Å². The van der Waals surface area contributed by atoms with Gasteiger partial charge in [-0.2, -0.15) is 13.8 Å². The minimum atomic E-state index is -2.87. The average Bonchev–Trinajstić information content (AvgIpc) is 2.92. The van der Waals surface area contributed by atoms with Crippen molar-refractivity contribution in [2.45, 2.75) is 31.4 Å². The van der Waals surface area contributed by atoms with E-state index in [1.807, 2.05) is 0 Å². The van der Waals surface area contributed by atoms with Crippen molar-refractivity contribution in [1.29, 1.82) is 0 Å². The summed E-state index contributed by atoms with van der Waals surface area (Å²) >= 11 is 0. The third-order valence-electron chi connectivity index (χ3n) is 3.67. The number of nitrogens with zero attached hydrogens (tertiary/aromatic N) is 2. The van der Waals surface area contributed by atoms with Gasteiger partial charge in [0.1, 0.15) is 5.75 Å². The molecule has 5 nitrogen and oxygen atoms in total. The van der Waals surface area contributed by atoms with E-state index in [4.69, 9.17) is 10.3 Å². The van der Waals surface area contributed by atoms with Gasteiger partial charge in [0.05, 0.1) is 5.54 Å². The molecule has 23 heavy (non-hydrogen) atoms. The summed E-state index contributed by atoms with van der Waals surface area (Å²) in [4.78, 5) is 4.23. The lowest BCUT2D eigenvalue weighted by molar-refractivity contribution is -0.0499. The predicted octanol–water partition coefficient (Wildman–Crippen LogP) is 3.60. The Bertz CT molecular complexity index is 687. The highest BCUT2D eigenvalue weighted by atomic mass is 35.5. The molecule has 0 aliphatic heterocycles. The Morgan fingerprint density at radius 2 is 2.00 bits per heavy atom. The highest BCUT2D eigenvalue weighted by Crippen LogP contribution is 2.37. The minimum Gasteiger partial charge on any atom is -0.434 e. The number of nitrogens with two attached hydrogens (primary N) is 1. The molecule has 1 aromatic carbocycles. The number of benzene rings is 1. The van der Waals surface area contributed by atoms with Crippen LogP contribution in [0.4, 0.5) is 8.78 Å². The monoisotopic (exact) mass is 343 g/mol. The molecule has 0 spiro atoms. The summed E-state index contributed by atoms with van der Waals surface area (Å²) in [6.45, 7) is -2.87. The molecule has 1 aliphatic rings. The van der Waals surface area contributed by atoms with Crippen molar-refractivity contribution >= 4 is 24.6 Å². The van der Waals surface area contributed by atoms with Crippen LogP contribution >= 0.6 is 12.4 Å². The zero-order chi connectivity index (χ0) is 15.6. The van der Waals surface area contributed by atoms with Crippen molar-refractivity contribution in [2.75, 3.05) is 0 Å². The van der Waals surface area contributed by atoms with Crippen LogP contribution in [0.5, 0.6) is 5.75 Å². The van der Waals surface area contributed by atoms with Gasteiger partial charge in [0.25, 0.3) is 5.89 Å². The first-order valence-corrected chi connectivity index (χ1v) is 6.92. The molecule has 0 saturated heterocycles. The van der Waals surface area contributed by atoms with Gasteiger partial charge in [0.2, 0.25) is 0 Å². The van der Waals surface area contributed by atoms with Crippen molar-refractivity contribution in [3.63, 3.8) is 0 Å². The van der Waals surface area contributed by atoms with Gasteiger partial charge >= 0.3 is 6.61 Å². The van der Waals surface area contributed by atoms with Crippen molar-refractivity contribution < 1.29 is 18.0 Å². The van der Waals surface area contributed by atoms with E-state index in [9.17, 15) is 8.78 Å². The summed E-state index contributed by atoms with van der Waals surface area (Å²) in [5, 5.41) is 3.88. The fourth-order valence-electron chi connectivity index (χ4n) is 2.27. The molecule has 0 unspecified atom stereocenters. The predicted molar refractivity (Wildman–Crippen MR) is 83.3 cm³/mol. The third kappa shape index (κ3) is 3.86. The van der Waals surface area contributed by atoms with Gasteiger partial charge in [-0.25, -0.2) is 0 Å². The Morgan fingerprint density at radius 3 is 2.65 bits per heavy atom. The van der Waals surface area contributed by atoms with Crippen molar-refractivity contribution in [3.05, 3.63) is 41.5 Å². The number of hydrogen-bond acceptors (Lipinski definition) is 5. The lowest BCUT2D eigenvalue weighted by atomic mass is 9.77. The molecule has 2 aromatic rings. The molecule has 124 valence electrons. The fraction of sp³-hybridized carbons (Fsp3) is 0.333. The summed E-state index contributed by atoms with van der Waals surface area (Å²) in [5.74, 6) is 0.844. The van der Waals surface area contributed by atoms with E-state index in [2.05, 4.69) is 14.9 Å².